The van der Waals surface area contributed by atoms with E-state index in [4.69, 9.17) is 11.6 Å². The highest BCUT2D eigenvalue weighted by atomic mass is 35.5. The lowest BCUT2D eigenvalue weighted by Gasteiger charge is -2.20. The van der Waals surface area contributed by atoms with Crippen molar-refractivity contribution in [2.45, 2.75) is 51.5 Å². The fraction of sp³-hybridized carbons (Fsp3) is 0.409. The zero-order chi connectivity index (χ0) is 20.1. The molecule has 1 aromatic heterocycles. The third kappa shape index (κ3) is 4.36. The molecule has 0 amide bonds. The van der Waals surface area contributed by atoms with Crippen LogP contribution in [0.25, 0.3) is 6.08 Å². The van der Waals surface area contributed by atoms with Crippen molar-refractivity contribution >= 4 is 29.9 Å². The van der Waals surface area contributed by atoms with Gasteiger partial charge < -0.3 is 9.67 Å². The number of carbonyl (C=O) groups excluding carboxylic acids is 1. The summed E-state index contributed by atoms with van der Waals surface area (Å²) in [6, 6.07) is 7.65. The van der Waals surface area contributed by atoms with Gasteiger partial charge in [0.2, 0.25) is 0 Å². The van der Waals surface area contributed by atoms with E-state index in [1.54, 1.807) is 4.57 Å². The first-order chi connectivity index (χ1) is 13.5. The number of nitrogens with zero attached hydrogens (tertiary/aromatic N) is 2. The van der Waals surface area contributed by atoms with Crippen LogP contribution in [0.3, 0.4) is 0 Å². The van der Waals surface area contributed by atoms with Gasteiger partial charge in [0.25, 0.3) is 0 Å². The van der Waals surface area contributed by atoms with E-state index >= 15 is 0 Å². The molecule has 1 aliphatic rings. The summed E-state index contributed by atoms with van der Waals surface area (Å²) in [6.45, 7) is 2.46. The Morgan fingerprint density at radius 1 is 1.32 bits per heavy atom. The van der Waals surface area contributed by atoms with Crippen LogP contribution in [-0.4, -0.2) is 26.9 Å². The molecule has 148 valence electrons. The zero-order valence-electron chi connectivity index (χ0n) is 16.0. The highest BCUT2D eigenvalue weighted by molar-refractivity contribution is 6.31. The second-order valence-corrected chi connectivity index (χ2v) is 7.62. The Bertz CT molecular complexity index is 865. The van der Waals surface area contributed by atoms with Crippen molar-refractivity contribution in [1.82, 2.24) is 9.55 Å². The number of benzene rings is 1. The summed E-state index contributed by atoms with van der Waals surface area (Å²) >= 11 is 6.11. The van der Waals surface area contributed by atoms with Crippen LogP contribution < -0.4 is 0 Å². The fourth-order valence-corrected chi connectivity index (χ4v) is 4.24. The standard InChI is InChI=1S/C22H25ClN2O3/c1-2-3-8-19-24-21(23)18(14-26)25(19)13-15-9-11-17(12-10-15)20(22(27)28)16-6-4-5-7-16/h3,8-12,14,16,20H,2,4-7,13H2,1H3,(H,27,28). The quantitative estimate of drug-likeness (QED) is 0.619. The Balaban J connectivity index is 1.85. The Labute approximate surface area is 170 Å². The second-order valence-electron chi connectivity index (χ2n) is 7.26. The van der Waals surface area contributed by atoms with Gasteiger partial charge in [-0.1, -0.05) is 61.7 Å². The van der Waals surface area contributed by atoms with Gasteiger partial charge in [0, 0.05) is 6.54 Å². The SMILES string of the molecule is CCC=Cc1nc(Cl)c(C=O)n1Cc1ccc(C(C(=O)O)C2CCCC2)cc1. The molecule has 3 rings (SSSR count). The Kier molecular flexibility index (Phi) is 6.68. The van der Waals surface area contributed by atoms with Crippen LogP contribution in [0.15, 0.2) is 30.3 Å². The topological polar surface area (TPSA) is 72.2 Å². The second kappa shape index (κ2) is 9.20. The molecule has 1 fully saturated rings. The van der Waals surface area contributed by atoms with Gasteiger partial charge in [0.1, 0.15) is 11.5 Å². The number of halogens is 1. The number of rotatable bonds is 8. The molecule has 1 unspecified atom stereocenters. The van der Waals surface area contributed by atoms with Crippen LogP contribution in [0.4, 0.5) is 0 Å². The van der Waals surface area contributed by atoms with Gasteiger partial charge in [0.05, 0.1) is 5.92 Å². The minimum atomic E-state index is -0.753. The summed E-state index contributed by atoms with van der Waals surface area (Å²) in [5, 5.41) is 9.90. The number of carboxylic acids is 1. The molecular formula is C22H25ClN2O3. The van der Waals surface area contributed by atoms with Crippen LogP contribution in [0.2, 0.25) is 5.15 Å². The number of aldehydes is 1. The van der Waals surface area contributed by atoms with Crippen molar-refractivity contribution in [1.29, 1.82) is 0 Å². The zero-order valence-corrected chi connectivity index (χ0v) is 16.7. The molecule has 1 atom stereocenters. The Hall–Kier alpha value is -2.40. The Morgan fingerprint density at radius 3 is 2.57 bits per heavy atom. The smallest absolute Gasteiger partial charge is 0.311 e. The van der Waals surface area contributed by atoms with Crippen molar-refractivity contribution in [3.05, 3.63) is 58.1 Å². The molecule has 5 nitrogen and oxygen atoms in total. The summed E-state index contributed by atoms with van der Waals surface area (Å²) in [6.07, 6.45) is 9.55. The molecule has 0 spiro atoms. The van der Waals surface area contributed by atoms with E-state index in [-0.39, 0.29) is 11.1 Å². The van der Waals surface area contributed by atoms with Crippen LogP contribution in [0.5, 0.6) is 0 Å². The van der Waals surface area contributed by atoms with E-state index < -0.39 is 11.9 Å². The fourth-order valence-electron chi connectivity index (χ4n) is 4.00. The van der Waals surface area contributed by atoms with Gasteiger partial charge >= 0.3 is 5.97 Å². The lowest BCUT2D eigenvalue weighted by atomic mass is 9.84. The molecular weight excluding hydrogens is 376 g/mol. The summed E-state index contributed by atoms with van der Waals surface area (Å²) < 4.78 is 1.78. The van der Waals surface area contributed by atoms with Crippen molar-refractivity contribution < 1.29 is 14.7 Å². The van der Waals surface area contributed by atoms with Crippen LogP contribution in [0.1, 0.15) is 72.4 Å². The average Bonchev–Trinajstić information content (AvgIpc) is 3.29. The number of aliphatic carboxylic acids is 1. The van der Waals surface area contributed by atoms with E-state index in [1.165, 1.54) is 0 Å². The monoisotopic (exact) mass is 400 g/mol. The van der Waals surface area contributed by atoms with E-state index in [0.717, 1.165) is 43.2 Å². The van der Waals surface area contributed by atoms with Crippen molar-refractivity contribution in [2.24, 2.45) is 5.92 Å². The lowest BCUT2D eigenvalue weighted by molar-refractivity contribution is -0.140. The summed E-state index contributed by atoms with van der Waals surface area (Å²) in [5.41, 5.74) is 2.15. The molecule has 0 bridgehead atoms. The molecule has 2 aromatic rings. The first kappa shape index (κ1) is 20.3. The minimum absolute atomic E-state index is 0.189. The molecule has 6 heteroatoms. The highest BCUT2D eigenvalue weighted by Gasteiger charge is 2.31. The number of hydrogen-bond acceptors (Lipinski definition) is 3. The number of carbonyl (C=O) groups is 2. The van der Waals surface area contributed by atoms with E-state index in [0.29, 0.717) is 24.3 Å². The van der Waals surface area contributed by atoms with Gasteiger partial charge in [-0.15, -0.1) is 0 Å². The average molecular weight is 401 g/mol. The number of carboxylic acid groups (broad SMARTS) is 1. The van der Waals surface area contributed by atoms with E-state index in [2.05, 4.69) is 4.98 Å². The van der Waals surface area contributed by atoms with Crippen LogP contribution in [0, 0.1) is 5.92 Å². The minimum Gasteiger partial charge on any atom is -0.481 e. The predicted molar refractivity (Wildman–Crippen MR) is 110 cm³/mol. The summed E-state index contributed by atoms with van der Waals surface area (Å²) in [4.78, 5) is 27.5. The molecule has 1 N–H and O–H groups in total. The molecule has 28 heavy (non-hydrogen) atoms. The molecule has 1 aromatic carbocycles. The van der Waals surface area contributed by atoms with E-state index in [9.17, 15) is 14.7 Å². The highest BCUT2D eigenvalue weighted by Crippen LogP contribution is 2.37. The molecule has 1 aliphatic carbocycles. The van der Waals surface area contributed by atoms with Gasteiger partial charge in [-0.05, 0) is 42.4 Å². The van der Waals surface area contributed by atoms with Gasteiger partial charge in [-0.25, -0.2) is 4.98 Å². The predicted octanol–water partition coefficient (Wildman–Crippen LogP) is 5.18. The summed E-state index contributed by atoms with van der Waals surface area (Å²) in [5.74, 6) is -0.361. The molecule has 0 aliphatic heterocycles. The Morgan fingerprint density at radius 2 is 2.00 bits per heavy atom. The molecule has 1 saturated carbocycles. The number of imidazole rings is 1. The number of aromatic nitrogens is 2. The number of allylic oxidation sites excluding steroid dienone is 1. The molecule has 0 saturated heterocycles. The maximum atomic E-state index is 11.8. The van der Waals surface area contributed by atoms with Gasteiger partial charge in [-0.3, -0.25) is 9.59 Å². The third-order valence-electron chi connectivity index (χ3n) is 5.42. The number of hydrogen-bond donors (Lipinski definition) is 1. The maximum Gasteiger partial charge on any atom is 0.311 e. The van der Waals surface area contributed by atoms with Crippen LogP contribution in [-0.2, 0) is 11.3 Å². The van der Waals surface area contributed by atoms with E-state index in [1.807, 2.05) is 43.3 Å². The first-order valence-electron chi connectivity index (χ1n) is 9.74. The third-order valence-corrected chi connectivity index (χ3v) is 5.70. The van der Waals surface area contributed by atoms with Gasteiger partial charge in [0.15, 0.2) is 11.4 Å². The van der Waals surface area contributed by atoms with Crippen molar-refractivity contribution in [3.63, 3.8) is 0 Å². The van der Waals surface area contributed by atoms with Crippen molar-refractivity contribution in [3.8, 4) is 0 Å². The van der Waals surface area contributed by atoms with Crippen LogP contribution >= 0.6 is 11.6 Å². The first-order valence-corrected chi connectivity index (χ1v) is 10.1. The largest absolute Gasteiger partial charge is 0.481 e. The maximum absolute atomic E-state index is 11.8. The van der Waals surface area contributed by atoms with Crippen molar-refractivity contribution in [2.75, 3.05) is 0 Å². The van der Waals surface area contributed by atoms with Gasteiger partial charge in [-0.2, -0.15) is 0 Å². The summed E-state index contributed by atoms with van der Waals surface area (Å²) in [7, 11) is 0. The molecule has 0 radical (unpaired) electrons. The molecule has 1 heterocycles. The lowest BCUT2D eigenvalue weighted by Crippen LogP contribution is -2.19. The normalized spacial score (nSPS) is 15.9.